The number of benzene rings is 2. The molecule has 4 aromatic rings. The zero-order chi connectivity index (χ0) is 29.5. The lowest BCUT2D eigenvalue weighted by Crippen LogP contribution is -2.35. The van der Waals surface area contributed by atoms with E-state index >= 15 is 0 Å². The highest BCUT2D eigenvalue weighted by Gasteiger charge is 2.20. The number of aromatic nitrogens is 3. The molecule has 2 aromatic carbocycles. The van der Waals surface area contributed by atoms with Crippen molar-refractivity contribution < 1.29 is 29.0 Å². The molecule has 0 saturated carbocycles. The number of nitrogens with zero attached hydrogens (tertiary/aromatic N) is 3. The van der Waals surface area contributed by atoms with Gasteiger partial charge in [-0.1, -0.05) is 30.3 Å². The minimum atomic E-state index is -1.15. The minimum Gasteiger partial charge on any atom is -0.482 e. The van der Waals surface area contributed by atoms with Crippen LogP contribution in [0.25, 0.3) is 11.0 Å². The molecule has 1 fully saturated rings. The van der Waals surface area contributed by atoms with Gasteiger partial charge >= 0.3 is 5.97 Å². The second-order valence-corrected chi connectivity index (χ2v) is 9.71. The Bertz CT molecular complexity index is 1580. The zero-order valence-corrected chi connectivity index (χ0v) is 22.8. The van der Waals surface area contributed by atoms with Gasteiger partial charge in [-0.25, -0.2) is 14.8 Å². The summed E-state index contributed by atoms with van der Waals surface area (Å²) in [6, 6.07) is 13.7. The van der Waals surface area contributed by atoms with Crippen molar-refractivity contribution in [2.45, 2.75) is 19.6 Å². The van der Waals surface area contributed by atoms with Crippen LogP contribution in [0.4, 0.5) is 5.69 Å². The molecule has 218 valence electrons. The summed E-state index contributed by atoms with van der Waals surface area (Å²) in [6.45, 7) is 5.60. The van der Waals surface area contributed by atoms with Crippen LogP contribution in [0.15, 0.2) is 55.0 Å². The van der Waals surface area contributed by atoms with Crippen molar-refractivity contribution in [3.05, 3.63) is 82.9 Å². The number of hydrogen-bond acceptors (Lipinski definition) is 9. The summed E-state index contributed by atoms with van der Waals surface area (Å²) in [5.74, 6) is -1.31. The largest absolute Gasteiger partial charge is 0.482 e. The van der Waals surface area contributed by atoms with Crippen molar-refractivity contribution in [1.82, 2.24) is 25.2 Å². The van der Waals surface area contributed by atoms with Crippen molar-refractivity contribution >= 4 is 34.5 Å². The Morgan fingerprint density at radius 1 is 1.05 bits per heavy atom. The maximum atomic E-state index is 12.5. The molecule has 13 heteroatoms. The number of amides is 2. The third-order valence-corrected chi connectivity index (χ3v) is 6.81. The van der Waals surface area contributed by atoms with Crippen LogP contribution in [-0.2, 0) is 29.2 Å². The highest BCUT2D eigenvalue weighted by molar-refractivity contribution is 6.08. The summed E-state index contributed by atoms with van der Waals surface area (Å²) in [5.41, 5.74) is 9.81. The lowest BCUT2D eigenvalue weighted by molar-refractivity contribution is -0.118. The van der Waals surface area contributed by atoms with Gasteiger partial charge in [0.05, 0.1) is 24.4 Å². The molecule has 0 aliphatic carbocycles. The number of aromatic amines is 1. The van der Waals surface area contributed by atoms with Crippen molar-refractivity contribution in [2.75, 3.05) is 38.2 Å². The maximum absolute atomic E-state index is 12.5. The van der Waals surface area contributed by atoms with Crippen LogP contribution in [0.2, 0.25) is 0 Å². The first-order valence-electron chi connectivity index (χ1n) is 13.4. The summed E-state index contributed by atoms with van der Waals surface area (Å²) in [6.07, 6.45) is 2.41. The zero-order valence-electron chi connectivity index (χ0n) is 22.8. The van der Waals surface area contributed by atoms with E-state index in [0.29, 0.717) is 18.0 Å². The van der Waals surface area contributed by atoms with Crippen molar-refractivity contribution in [2.24, 2.45) is 5.73 Å². The Balaban J connectivity index is 0.000000199. The van der Waals surface area contributed by atoms with Gasteiger partial charge in [-0.15, -0.1) is 0 Å². The number of H-pyrrole nitrogens is 1. The summed E-state index contributed by atoms with van der Waals surface area (Å²) in [7, 11) is 0. The predicted molar refractivity (Wildman–Crippen MR) is 153 cm³/mol. The van der Waals surface area contributed by atoms with Crippen LogP contribution in [0, 0.1) is 0 Å². The van der Waals surface area contributed by atoms with E-state index in [4.69, 9.17) is 20.3 Å². The van der Waals surface area contributed by atoms with Crippen LogP contribution in [-0.4, -0.2) is 75.7 Å². The average molecular weight is 574 g/mol. The Hall–Kier alpha value is -4.85. The highest BCUT2D eigenvalue weighted by atomic mass is 16.5. The molecule has 4 heterocycles. The van der Waals surface area contributed by atoms with Crippen LogP contribution in [0.3, 0.4) is 0 Å². The van der Waals surface area contributed by atoms with Crippen LogP contribution in [0.5, 0.6) is 5.75 Å². The number of hydrogen-bond donors (Lipinski definition) is 5. The number of carbonyl (C=O) groups is 3. The Morgan fingerprint density at radius 3 is 2.52 bits per heavy atom. The fraction of sp³-hybridized carbons (Fsp3) is 0.276. The van der Waals surface area contributed by atoms with Gasteiger partial charge in [-0.3, -0.25) is 14.5 Å². The topological polar surface area (TPSA) is 185 Å². The van der Waals surface area contributed by atoms with E-state index in [-0.39, 0.29) is 41.3 Å². The van der Waals surface area contributed by atoms with E-state index in [1.165, 1.54) is 17.3 Å². The van der Waals surface area contributed by atoms with Crippen LogP contribution < -0.4 is 21.1 Å². The number of carbonyl (C=O) groups excluding carboxylic acids is 2. The van der Waals surface area contributed by atoms with Gasteiger partial charge in [-0.05, 0) is 28.8 Å². The van der Waals surface area contributed by atoms with Crippen molar-refractivity contribution in [1.29, 1.82) is 0 Å². The summed E-state index contributed by atoms with van der Waals surface area (Å²) >= 11 is 0. The van der Waals surface area contributed by atoms with E-state index in [1.54, 1.807) is 18.2 Å². The SMILES string of the molecule is NCc1ccc(CN2CCOCC2)cc1.O=C1COc2ccc(CNC(=O)c3ncnc4c(C(=O)O)c[nH]c34)cc2N1. The fourth-order valence-corrected chi connectivity index (χ4v) is 4.58. The normalized spacial score (nSPS) is 14.6. The van der Waals surface area contributed by atoms with Gasteiger partial charge < -0.3 is 35.9 Å². The Morgan fingerprint density at radius 2 is 1.79 bits per heavy atom. The van der Waals surface area contributed by atoms with Gasteiger partial charge in [0.15, 0.2) is 12.3 Å². The maximum Gasteiger partial charge on any atom is 0.339 e. The lowest BCUT2D eigenvalue weighted by atomic mass is 10.1. The Kier molecular flexibility index (Phi) is 9.02. The number of carboxylic acids is 1. The number of morpholine rings is 1. The average Bonchev–Trinajstić information content (AvgIpc) is 3.46. The molecule has 2 aliphatic rings. The third kappa shape index (κ3) is 6.89. The number of rotatable bonds is 7. The van der Waals surface area contributed by atoms with Crippen LogP contribution in [0.1, 0.15) is 37.5 Å². The molecule has 0 bridgehead atoms. The van der Waals surface area contributed by atoms with E-state index in [2.05, 4.69) is 54.8 Å². The lowest BCUT2D eigenvalue weighted by Gasteiger charge is -2.26. The molecule has 2 aromatic heterocycles. The molecule has 0 unspecified atom stereocenters. The van der Waals surface area contributed by atoms with Gasteiger partial charge in [0.25, 0.3) is 11.8 Å². The molecule has 1 saturated heterocycles. The highest BCUT2D eigenvalue weighted by Crippen LogP contribution is 2.28. The second-order valence-electron chi connectivity index (χ2n) is 9.71. The molecule has 0 radical (unpaired) electrons. The quantitative estimate of drug-likeness (QED) is 0.219. The summed E-state index contributed by atoms with van der Waals surface area (Å²) in [4.78, 5) is 48.1. The summed E-state index contributed by atoms with van der Waals surface area (Å²) < 4.78 is 10.6. The molecular formula is C29H31N7O6. The number of anilines is 1. The monoisotopic (exact) mass is 573 g/mol. The number of aromatic carboxylic acids is 1. The van der Waals surface area contributed by atoms with E-state index < -0.39 is 11.9 Å². The molecule has 2 amide bonds. The van der Waals surface area contributed by atoms with Crippen molar-refractivity contribution in [3.8, 4) is 5.75 Å². The first kappa shape index (κ1) is 28.7. The molecule has 2 aliphatic heterocycles. The predicted octanol–water partition coefficient (Wildman–Crippen LogP) is 1.89. The van der Waals surface area contributed by atoms with E-state index in [1.807, 2.05) is 0 Å². The fourth-order valence-electron chi connectivity index (χ4n) is 4.58. The molecule has 42 heavy (non-hydrogen) atoms. The number of ether oxygens (including phenoxy) is 2. The smallest absolute Gasteiger partial charge is 0.339 e. The molecule has 6 N–H and O–H groups in total. The molecule has 6 rings (SSSR count). The molecule has 13 nitrogen and oxygen atoms in total. The summed E-state index contributed by atoms with van der Waals surface area (Å²) in [5, 5.41) is 14.6. The first-order valence-corrected chi connectivity index (χ1v) is 13.4. The Labute approximate surface area is 241 Å². The first-order chi connectivity index (χ1) is 20.4. The van der Waals surface area contributed by atoms with Crippen molar-refractivity contribution in [3.63, 3.8) is 0 Å². The van der Waals surface area contributed by atoms with E-state index in [0.717, 1.165) is 44.7 Å². The van der Waals surface area contributed by atoms with Gasteiger partial charge in [-0.2, -0.15) is 0 Å². The van der Waals surface area contributed by atoms with Crippen LogP contribution >= 0.6 is 0 Å². The number of nitrogens with one attached hydrogen (secondary N) is 3. The van der Waals surface area contributed by atoms with Gasteiger partial charge in [0.2, 0.25) is 0 Å². The van der Waals surface area contributed by atoms with Gasteiger partial charge in [0, 0.05) is 38.9 Å². The second kappa shape index (κ2) is 13.2. The molecular weight excluding hydrogens is 542 g/mol. The van der Waals surface area contributed by atoms with E-state index in [9.17, 15) is 14.4 Å². The molecule has 0 atom stereocenters. The number of carboxylic acid groups (broad SMARTS) is 1. The number of fused-ring (bicyclic) bond motifs is 2. The third-order valence-electron chi connectivity index (χ3n) is 6.81. The van der Waals surface area contributed by atoms with Gasteiger partial charge in [0.1, 0.15) is 23.2 Å². The standard InChI is InChI=1S/C17H13N5O5.C12H18N2O/c23-12-6-27-11-2-1-8(3-10(11)22-12)4-19-16(24)15-14-13(20-7-21-15)9(5-18-14)17(25)26;13-9-11-1-3-12(4-2-11)10-14-5-7-15-8-6-14/h1-3,5,7,18H,4,6H2,(H,19,24)(H,22,23)(H,25,26);1-4H,5-10,13H2. The minimum absolute atomic E-state index is 0.0265. The number of nitrogens with two attached hydrogens (primary N) is 1. The molecule has 0 spiro atoms.